The molecule has 2 aromatic rings. The number of aryl methyl sites for hydroxylation is 1. The predicted octanol–water partition coefficient (Wildman–Crippen LogP) is 3.30. The number of alkyl carbamates (subject to hydrolysis) is 1. The third-order valence-electron chi connectivity index (χ3n) is 4.56. The minimum absolute atomic E-state index is 0.0567. The normalized spacial score (nSPS) is 14.9. The fraction of sp³-hybridized carbons (Fsp3) is 0.550. The van der Waals surface area contributed by atoms with Crippen molar-refractivity contribution in [1.29, 1.82) is 0 Å². The molecule has 0 radical (unpaired) electrons. The fourth-order valence-electron chi connectivity index (χ4n) is 2.86. The Morgan fingerprint density at radius 3 is 2.53 bits per heavy atom. The van der Waals surface area contributed by atoms with E-state index < -0.39 is 35.4 Å². The molecule has 1 aliphatic rings. The van der Waals surface area contributed by atoms with E-state index in [-0.39, 0.29) is 24.4 Å². The van der Waals surface area contributed by atoms with Crippen molar-refractivity contribution in [2.75, 3.05) is 10.6 Å². The minimum atomic E-state index is -4.61. The third kappa shape index (κ3) is 6.96. The summed E-state index contributed by atoms with van der Waals surface area (Å²) < 4.78 is 46.2. The highest BCUT2D eigenvalue weighted by Gasteiger charge is 2.37. The molecule has 0 aliphatic heterocycles. The van der Waals surface area contributed by atoms with Crippen LogP contribution in [0.3, 0.4) is 0 Å². The second-order valence-corrected chi connectivity index (χ2v) is 8.88. The Kier molecular flexibility index (Phi) is 6.89. The zero-order valence-electron chi connectivity index (χ0n) is 19.0. The summed E-state index contributed by atoms with van der Waals surface area (Å²) >= 11 is 0. The van der Waals surface area contributed by atoms with Gasteiger partial charge in [-0.3, -0.25) is 4.68 Å². The van der Waals surface area contributed by atoms with Gasteiger partial charge in [-0.05, 0) is 40.5 Å². The van der Waals surface area contributed by atoms with Crippen LogP contribution in [-0.4, -0.2) is 54.6 Å². The molecule has 0 aromatic carbocycles. The molecule has 1 saturated carbocycles. The Morgan fingerprint density at radius 2 is 1.97 bits per heavy atom. The van der Waals surface area contributed by atoms with Crippen LogP contribution in [0.5, 0.6) is 0 Å². The van der Waals surface area contributed by atoms with E-state index in [2.05, 4.69) is 31.0 Å². The van der Waals surface area contributed by atoms with Crippen molar-refractivity contribution in [3.8, 4) is 0 Å². The standard InChI is InChI=1S/C20H26F3N7O4/c1-10-13(8-30(29-10)9-14(16(31)32)27-18(33)34-19(2,3)4)26-17-24-7-12(20(21,22)23)15(28-17)25-11-5-6-11/h7-8,11,14H,5-6,9H2,1-4H3,(H,27,33)(H,31,32)(H2,24,25,26,28)/t14-/m0/s1. The molecular weight excluding hydrogens is 459 g/mol. The highest BCUT2D eigenvalue weighted by atomic mass is 19.4. The summed E-state index contributed by atoms with van der Waals surface area (Å²) in [7, 11) is 0. The first kappa shape index (κ1) is 25.1. The summed E-state index contributed by atoms with van der Waals surface area (Å²) in [5.41, 5.74) is -0.989. The lowest BCUT2D eigenvalue weighted by molar-refractivity contribution is -0.140. The van der Waals surface area contributed by atoms with E-state index in [0.29, 0.717) is 17.6 Å². The van der Waals surface area contributed by atoms with E-state index in [1.807, 2.05) is 0 Å². The van der Waals surface area contributed by atoms with Crippen molar-refractivity contribution in [2.45, 2.75) is 70.9 Å². The Balaban J connectivity index is 1.74. The van der Waals surface area contributed by atoms with Crippen LogP contribution < -0.4 is 16.0 Å². The zero-order chi connectivity index (χ0) is 25.3. The van der Waals surface area contributed by atoms with Crippen LogP contribution in [0.2, 0.25) is 0 Å². The van der Waals surface area contributed by atoms with Crippen molar-refractivity contribution in [3.63, 3.8) is 0 Å². The molecule has 1 atom stereocenters. The summed E-state index contributed by atoms with van der Waals surface area (Å²) in [4.78, 5) is 31.3. The van der Waals surface area contributed by atoms with Gasteiger partial charge in [-0.25, -0.2) is 14.6 Å². The van der Waals surface area contributed by atoms with E-state index in [1.165, 1.54) is 10.9 Å². The summed E-state index contributed by atoms with van der Waals surface area (Å²) in [5.74, 6) is -1.69. The van der Waals surface area contributed by atoms with Crippen molar-refractivity contribution >= 4 is 29.5 Å². The van der Waals surface area contributed by atoms with Crippen molar-refractivity contribution < 1.29 is 32.6 Å². The number of anilines is 3. The maximum atomic E-state index is 13.3. The lowest BCUT2D eigenvalue weighted by atomic mass is 10.2. The van der Waals surface area contributed by atoms with Gasteiger partial charge in [0.2, 0.25) is 5.95 Å². The molecule has 2 heterocycles. The number of nitrogens with one attached hydrogen (secondary N) is 3. The molecule has 11 nitrogen and oxygen atoms in total. The van der Waals surface area contributed by atoms with Gasteiger partial charge in [0, 0.05) is 18.4 Å². The Bertz CT molecular complexity index is 1060. The van der Waals surface area contributed by atoms with Gasteiger partial charge >= 0.3 is 18.2 Å². The van der Waals surface area contributed by atoms with Gasteiger partial charge in [-0.2, -0.15) is 23.3 Å². The summed E-state index contributed by atoms with van der Waals surface area (Å²) in [6, 6.07) is -1.39. The van der Waals surface area contributed by atoms with Crippen molar-refractivity contribution in [2.24, 2.45) is 0 Å². The van der Waals surface area contributed by atoms with E-state index in [4.69, 9.17) is 4.74 Å². The molecular formula is C20H26F3N7O4. The highest BCUT2D eigenvalue weighted by Crippen LogP contribution is 2.36. The molecule has 0 spiro atoms. The van der Waals surface area contributed by atoms with Gasteiger partial charge in [0.05, 0.1) is 17.9 Å². The molecule has 1 fully saturated rings. The van der Waals surface area contributed by atoms with Gasteiger partial charge in [0.1, 0.15) is 23.0 Å². The highest BCUT2D eigenvalue weighted by molar-refractivity contribution is 5.80. The van der Waals surface area contributed by atoms with Gasteiger partial charge in [-0.15, -0.1) is 0 Å². The number of ether oxygens (including phenoxy) is 1. The van der Waals surface area contributed by atoms with Crippen LogP contribution in [0.4, 0.5) is 35.4 Å². The summed E-state index contributed by atoms with van der Waals surface area (Å²) in [6.45, 7) is 6.33. The third-order valence-corrected chi connectivity index (χ3v) is 4.56. The van der Waals surface area contributed by atoms with Crippen LogP contribution in [0, 0.1) is 6.92 Å². The number of alkyl halides is 3. The second kappa shape index (κ2) is 9.35. The summed E-state index contributed by atoms with van der Waals surface area (Å²) in [6.07, 6.45) is -1.84. The molecule has 186 valence electrons. The SMILES string of the molecule is Cc1nn(C[C@H](NC(=O)OC(C)(C)C)C(=O)O)cc1Nc1ncc(C(F)(F)F)c(NC2CC2)n1. The molecule has 0 saturated heterocycles. The number of hydrogen-bond donors (Lipinski definition) is 4. The molecule has 14 heteroatoms. The Morgan fingerprint density at radius 1 is 1.29 bits per heavy atom. The van der Waals surface area contributed by atoms with Crippen LogP contribution in [0.25, 0.3) is 0 Å². The molecule has 1 aliphatic carbocycles. The molecule has 34 heavy (non-hydrogen) atoms. The lowest BCUT2D eigenvalue weighted by Gasteiger charge is -2.22. The molecule has 3 rings (SSSR count). The molecule has 1 amide bonds. The second-order valence-electron chi connectivity index (χ2n) is 8.88. The van der Waals surface area contributed by atoms with E-state index >= 15 is 0 Å². The molecule has 0 unspecified atom stereocenters. The zero-order valence-corrected chi connectivity index (χ0v) is 19.0. The fourth-order valence-corrected chi connectivity index (χ4v) is 2.86. The lowest BCUT2D eigenvalue weighted by Crippen LogP contribution is -2.45. The average molecular weight is 485 g/mol. The van der Waals surface area contributed by atoms with Gasteiger partial charge < -0.3 is 25.8 Å². The number of aromatic nitrogens is 4. The number of carbonyl (C=O) groups is 2. The largest absolute Gasteiger partial charge is 0.480 e. The average Bonchev–Trinajstić information content (AvgIpc) is 3.41. The first-order valence-electron chi connectivity index (χ1n) is 10.5. The van der Waals surface area contributed by atoms with E-state index in [1.54, 1.807) is 27.7 Å². The number of aliphatic carboxylic acids is 1. The maximum absolute atomic E-state index is 13.3. The van der Waals surface area contributed by atoms with Gasteiger partial charge in [0.15, 0.2) is 0 Å². The smallest absolute Gasteiger partial charge is 0.421 e. The van der Waals surface area contributed by atoms with Crippen LogP contribution in [-0.2, 0) is 22.3 Å². The number of amides is 1. The topological polar surface area (TPSA) is 143 Å². The minimum Gasteiger partial charge on any atom is -0.480 e. The molecule has 4 N–H and O–H groups in total. The summed E-state index contributed by atoms with van der Waals surface area (Å²) in [5, 5.41) is 21.5. The van der Waals surface area contributed by atoms with Crippen LogP contribution >= 0.6 is 0 Å². The predicted molar refractivity (Wildman–Crippen MR) is 115 cm³/mol. The number of rotatable bonds is 8. The van der Waals surface area contributed by atoms with E-state index in [9.17, 15) is 27.9 Å². The monoisotopic (exact) mass is 485 g/mol. The van der Waals surface area contributed by atoms with Crippen molar-refractivity contribution in [3.05, 3.63) is 23.7 Å². The van der Waals surface area contributed by atoms with Crippen molar-refractivity contribution in [1.82, 2.24) is 25.1 Å². The van der Waals surface area contributed by atoms with E-state index in [0.717, 1.165) is 12.8 Å². The number of hydrogen-bond acceptors (Lipinski definition) is 8. The molecule has 2 aromatic heterocycles. The maximum Gasteiger partial charge on any atom is 0.421 e. The number of carboxylic acid groups (broad SMARTS) is 1. The first-order valence-corrected chi connectivity index (χ1v) is 10.5. The Hall–Kier alpha value is -3.58. The number of halogens is 3. The molecule has 0 bridgehead atoms. The number of nitrogens with zero attached hydrogens (tertiary/aromatic N) is 4. The van der Waals surface area contributed by atoms with Crippen LogP contribution in [0.15, 0.2) is 12.4 Å². The number of carbonyl (C=O) groups excluding carboxylic acids is 1. The first-order chi connectivity index (χ1) is 15.7. The van der Waals surface area contributed by atoms with Crippen LogP contribution in [0.1, 0.15) is 44.9 Å². The quantitative estimate of drug-likeness (QED) is 0.443. The van der Waals surface area contributed by atoms with Gasteiger partial charge in [0.25, 0.3) is 0 Å². The number of carboxylic acids is 1. The Labute approximate surface area is 193 Å². The van der Waals surface area contributed by atoms with Gasteiger partial charge in [-0.1, -0.05) is 0 Å².